The zero-order valence-electron chi connectivity index (χ0n) is 10.1. The first-order chi connectivity index (χ1) is 8.10. The highest BCUT2D eigenvalue weighted by molar-refractivity contribution is 6.07. The van der Waals surface area contributed by atoms with Crippen molar-refractivity contribution in [3.8, 4) is 0 Å². The number of rotatable bonds is 2. The van der Waals surface area contributed by atoms with Crippen LogP contribution in [0.4, 0.5) is 0 Å². The maximum absolute atomic E-state index is 12.4. The molecule has 0 aromatic heterocycles. The predicted molar refractivity (Wildman–Crippen MR) is 61.6 cm³/mol. The predicted octanol–water partition coefficient (Wildman–Crippen LogP) is 0.00790. The van der Waals surface area contributed by atoms with Gasteiger partial charge >= 0.3 is 0 Å². The van der Waals surface area contributed by atoms with Gasteiger partial charge in [-0.3, -0.25) is 4.79 Å². The molecule has 1 aliphatic carbocycles. The van der Waals surface area contributed by atoms with Crippen LogP contribution in [-0.4, -0.2) is 48.2 Å². The Morgan fingerprint density at radius 1 is 1.47 bits per heavy atom. The summed E-state index contributed by atoms with van der Waals surface area (Å²) < 4.78 is 5.22. The largest absolute Gasteiger partial charge is 0.409 e. The molecule has 96 valence electrons. The smallest absolute Gasteiger partial charge is 0.236 e. The summed E-state index contributed by atoms with van der Waals surface area (Å²) in [7, 11) is 0. The highest BCUT2D eigenvalue weighted by atomic mass is 16.5. The van der Waals surface area contributed by atoms with Crippen LogP contribution in [0.5, 0.6) is 0 Å². The Kier molecular flexibility index (Phi) is 3.24. The summed E-state index contributed by atoms with van der Waals surface area (Å²) >= 11 is 0. The third-order valence-corrected chi connectivity index (χ3v) is 3.70. The minimum Gasteiger partial charge on any atom is -0.409 e. The van der Waals surface area contributed by atoms with Crippen molar-refractivity contribution in [2.24, 2.45) is 22.2 Å². The maximum Gasteiger partial charge on any atom is 0.236 e. The fraction of sp³-hybridized carbons (Fsp3) is 0.818. The summed E-state index contributed by atoms with van der Waals surface area (Å²) in [6.45, 7) is 4.37. The second-order valence-corrected chi connectivity index (χ2v) is 4.99. The molecule has 1 amide bonds. The van der Waals surface area contributed by atoms with Crippen LogP contribution in [0.3, 0.4) is 0 Å². The molecule has 0 aromatic rings. The second-order valence-electron chi connectivity index (χ2n) is 4.99. The van der Waals surface area contributed by atoms with Gasteiger partial charge in [0.2, 0.25) is 5.91 Å². The molecule has 17 heavy (non-hydrogen) atoms. The molecular formula is C11H19N3O3. The van der Waals surface area contributed by atoms with Gasteiger partial charge < -0.3 is 20.6 Å². The van der Waals surface area contributed by atoms with Crippen LogP contribution in [0.15, 0.2) is 5.16 Å². The molecule has 1 saturated carbocycles. The average molecular weight is 241 g/mol. The Morgan fingerprint density at radius 2 is 2.06 bits per heavy atom. The standard InChI is InChI=1S/C11H19N3O3/c1-8-6-11(7-8,9(12)13-16)10(15)14-2-4-17-5-3-14/h8,16H,2-7H2,1H3,(H2,12,13). The van der Waals surface area contributed by atoms with E-state index < -0.39 is 5.41 Å². The van der Waals surface area contributed by atoms with Gasteiger partial charge in [0.1, 0.15) is 5.41 Å². The van der Waals surface area contributed by atoms with Crippen molar-refractivity contribution in [3.63, 3.8) is 0 Å². The van der Waals surface area contributed by atoms with Crippen LogP contribution in [0.25, 0.3) is 0 Å². The minimum atomic E-state index is -0.772. The molecular weight excluding hydrogens is 222 g/mol. The maximum atomic E-state index is 12.4. The van der Waals surface area contributed by atoms with E-state index >= 15 is 0 Å². The van der Waals surface area contributed by atoms with Crippen molar-refractivity contribution >= 4 is 11.7 Å². The third kappa shape index (κ3) is 1.97. The number of carbonyl (C=O) groups is 1. The topological polar surface area (TPSA) is 88.2 Å². The summed E-state index contributed by atoms with van der Waals surface area (Å²) in [5, 5.41) is 11.9. The van der Waals surface area contributed by atoms with Crippen molar-refractivity contribution in [1.82, 2.24) is 4.90 Å². The Labute approximate surface area is 100 Å². The van der Waals surface area contributed by atoms with Gasteiger partial charge in [-0.1, -0.05) is 12.1 Å². The summed E-state index contributed by atoms with van der Waals surface area (Å²) in [6.07, 6.45) is 1.33. The number of amides is 1. The zero-order valence-corrected chi connectivity index (χ0v) is 10.1. The summed E-state index contributed by atoms with van der Waals surface area (Å²) in [4.78, 5) is 14.2. The molecule has 0 aromatic carbocycles. The van der Waals surface area contributed by atoms with Gasteiger partial charge in [0.25, 0.3) is 0 Å². The molecule has 6 nitrogen and oxygen atoms in total. The van der Waals surface area contributed by atoms with Crippen molar-refractivity contribution in [2.75, 3.05) is 26.3 Å². The quantitative estimate of drug-likeness (QED) is 0.308. The lowest BCUT2D eigenvalue weighted by atomic mass is 9.61. The molecule has 2 rings (SSSR count). The van der Waals surface area contributed by atoms with E-state index in [-0.39, 0.29) is 11.7 Å². The lowest BCUT2D eigenvalue weighted by Gasteiger charge is -2.46. The van der Waals surface area contributed by atoms with E-state index in [0.717, 1.165) is 0 Å². The summed E-state index contributed by atoms with van der Waals surface area (Å²) in [6, 6.07) is 0. The van der Waals surface area contributed by atoms with E-state index in [0.29, 0.717) is 45.1 Å². The van der Waals surface area contributed by atoms with E-state index in [4.69, 9.17) is 15.7 Å². The molecule has 0 bridgehead atoms. The number of nitrogens with two attached hydrogens (primary N) is 1. The number of carbonyl (C=O) groups excluding carboxylic acids is 1. The van der Waals surface area contributed by atoms with Crippen LogP contribution < -0.4 is 5.73 Å². The normalized spacial score (nSPS) is 34.3. The molecule has 0 radical (unpaired) electrons. The van der Waals surface area contributed by atoms with E-state index in [1.807, 2.05) is 0 Å². The van der Waals surface area contributed by atoms with Crippen molar-refractivity contribution in [2.45, 2.75) is 19.8 Å². The lowest BCUT2D eigenvalue weighted by molar-refractivity contribution is -0.148. The van der Waals surface area contributed by atoms with Gasteiger partial charge in [0.05, 0.1) is 13.2 Å². The second kappa shape index (κ2) is 4.52. The molecule has 2 fully saturated rings. The molecule has 6 heteroatoms. The fourth-order valence-corrected chi connectivity index (χ4v) is 2.79. The third-order valence-electron chi connectivity index (χ3n) is 3.70. The Balaban J connectivity index is 2.14. The first-order valence-corrected chi connectivity index (χ1v) is 5.95. The van der Waals surface area contributed by atoms with Gasteiger partial charge in [-0.2, -0.15) is 0 Å². The van der Waals surface area contributed by atoms with E-state index in [1.54, 1.807) is 4.90 Å². The Bertz CT molecular complexity index is 331. The summed E-state index contributed by atoms with van der Waals surface area (Å²) in [5.41, 5.74) is 4.93. The van der Waals surface area contributed by atoms with Crippen molar-refractivity contribution in [1.29, 1.82) is 0 Å². The van der Waals surface area contributed by atoms with Gasteiger partial charge in [-0.15, -0.1) is 0 Å². The highest BCUT2D eigenvalue weighted by Gasteiger charge is 2.53. The molecule has 1 saturated heterocycles. The van der Waals surface area contributed by atoms with Crippen LogP contribution in [0, 0.1) is 11.3 Å². The molecule has 0 unspecified atom stereocenters. The molecule has 1 aliphatic heterocycles. The molecule has 0 spiro atoms. The van der Waals surface area contributed by atoms with E-state index in [1.165, 1.54) is 0 Å². The van der Waals surface area contributed by atoms with Crippen LogP contribution in [0.1, 0.15) is 19.8 Å². The van der Waals surface area contributed by atoms with Gasteiger partial charge in [-0.25, -0.2) is 0 Å². The molecule has 1 heterocycles. The molecule has 0 atom stereocenters. The van der Waals surface area contributed by atoms with Crippen molar-refractivity contribution < 1.29 is 14.7 Å². The zero-order chi connectivity index (χ0) is 12.5. The van der Waals surface area contributed by atoms with Crippen LogP contribution >= 0.6 is 0 Å². The molecule has 2 aliphatic rings. The van der Waals surface area contributed by atoms with Gasteiger partial charge in [0.15, 0.2) is 5.84 Å². The Morgan fingerprint density at radius 3 is 2.53 bits per heavy atom. The van der Waals surface area contributed by atoms with Crippen LogP contribution in [0.2, 0.25) is 0 Å². The number of hydrogen-bond acceptors (Lipinski definition) is 4. The fourth-order valence-electron chi connectivity index (χ4n) is 2.79. The Hall–Kier alpha value is -1.30. The monoisotopic (exact) mass is 241 g/mol. The van der Waals surface area contributed by atoms with Gasteiger partial charge in [0, 0.05) is 13.1 Å². The number of oxime groups is 1. The number of amidine groups is 1. The average Bonchev–Trinajstić information content (AvgIpc) is 2.34. The van der Waals surface area contributed by atoms with Gasteiger partial charge in [-0.05, 0) is 18.8 Å². The number of nitrogens with zero attached hydrogens (tertiary/aromatic N) is 2. The number of morpholine rings is 1. The van der Waals surface area contributed by atoms with E-state index in [2.05, 4.69) is 12.1 Å². The first-order valence-electron chi connectivity index (χ1n) is 5.95. The lowest BCUT2D eigenvalue weighted by Crippen LogP contribution is -2.59. The van der Waals surface area contributed by atoms with E-state index in [9.17, 15) is 4.79 Å². The first kappa shape index (κ1) is 12.2. The SMILES string of the molecule is CC1CC(C(=O)N2CCOCC2)(C(N)=NO)C1. The van der Waals surface area contributed by atoms with Crippen molar-refractivity contribution in [3.05, 3.63) is 0 Å². The summed E-state index contributed by atoms with van der Waals surface area (Å²) in [5.74, 6) is 0.474. The minimum absolute atomic E-state index is 0.0193. The molecule has 3 N–H and O–H groups in total. The number of ether oxygens (including phenoxy) is 1. The van der Waals surface area contributed by atoms with Crippen LogP contribution in [-0.2, 0) is 9.53 Å². The number of hydrogen-bond donors (Lipinski definition) is 2. The highest BCUT2D eigenvalue weighted by Crippen LogP contribution is 2.47.